The van der Waals surface area contributed by atoms with Crippen LogP contribution >= 0.6 is 0 Å². The average Bonchev–Trinajstić information content (AvgIpc) is 3.33. The smallest absolute Gasteiger partial charge is 0.338 e. The van der Waals surface area contributed by atoms with Crippen molar-refractivity contribution < 1.29 is 28.6 Å². The van der Waals surface area contributed by atoms with Crippen LogP contribution in [-0.4, -0.2) is 30.2 Å². The Hall–Kier alpha value is -2.96. The summed E-state index contributed by atoms with van der Waals surface area (Å²) in [7, 11) is 0. The zero-order valence-corrected chi connectivity index (χ0v) is 13.4. The quantitative estimate of drug-likeness (QED) is 0.866. The van der Waals surface area contributed by atoms with Gasteiger partial charge in [-0.25, -0.2) is 4.79 Å². The molecule has 0 spiro atoms. The number of hydrogen-bond acceptors (Lipinski definition) is 5. The van der Waals surface area contributed by atoms with Gasteiger partial charge >= 0.3 is 5.97 Å². The van der Waals surface area contributed by atoms with E-state index >= 15 is 0 Å². The van der Waals surface area contributed by atoms with Gasteiger partial charge in [-0.3, -0.25) is 4.79 Å². The van der Waals surface area contributed by atoms with Gasteiger partial charge in [-0.2, -0.15) is 0 Å². The Morgan fingerprint density at radius 3 is 2.56 bits per heavy atom. The highest BCUT2D eigenvalue weighted by Crippen LogP contribution is 2.43. The minimum absolute atomic E-state index is 0.0133. The van der Waals surface area contributed by atoms with E-state index < -0.39 is 11.9 Å². The number of ether oxygens (including phenoxy) is 2. The number of fused-ring (bicyclic) bond motifs is 1. The van der Waals surface area contributed by atoms with Crippen molar-refractivity contribution in [1.29, 1.82) is 0 Å². The molecule has 1 amide bonds. The first-order chi connectivity index (χ1) is 12.1. The highest BCUT2D eigenvalue weighted by atomic mass is 16.6. The fraction of sp³-hybridized carbons (Fsp3) is 0.333. The van der Waals surface area contributed by atoms with Crippen molar-refractivity contribution in [2.24, 2.45) is 5.92 Å². The first kappa shape index (κ1) is 15.6. The molecule has 1 atom stereocenters. The van der Waals surface area contributed by atoms with Crippen LogP contribution in [-0.2, 0) is 0 Å². The molecule has 1 saturated carbocycles. The van der Waals surface area contributed by atoms with Crippen LogP contribution in [0.2, 0.25) is 0 Å². The van der Waals surface area contributed by atoms with Gasteiger partial charge in [0.05, 0.1) is 11.6 Å². The lowest BCUT2D eigenvalue weighted by Crippen LogP contribution is -2.29. The van der Waals surface area contributed by atoms with Gasteiger partial charge in [-0.1, -0.05) is 6.07 Å². The van der Waals surface area contributed by atoms with E-state index in [1.165, 1.54) is 6.07 Å². The molecular formula is C18H17NO6. The van der Waals surface area contributed by atoms with Gasteiger partial charge in [-0.15, -0.1) is 0 Å². The maximum Gasteiger partial charge on any atom is 0.338 e. The van der Waals surface area contributed by atoms with Crippen LogP contribution in [0.5, 0.6) is 11.5 Å². The van der Waals surface area contributed by atoms with Crippen LogP contribution in [0, 0.1) is 5.92 Å². The molecule has 25 heavy (non-hydrogen) atoms. The summed E-state index contributed by atoms with van der Waals surface area (Å²) in [5.74, 6) is 0.150. The summed E-state index contributed by atoms with van der Waals surface area (Å²) in [5.41, 5.74) is 0.887. The minimum atomic E-state index is -1.13. The topological polar surface area (TPSA) is 98.0 Å². The summed E-state index contributed by atoms with van der Waals surface area (Å²) >= 11 is 0. The second-order valence-electron chi connectivity index (χ2n) is 6.20. The molecule has 7 heteroatoms. The maximum absolute atomic E-state index is 12.4. The molecule has 0 radical (unpaired) electrons. The van der Waals surface area contributed by atoms with E-state index in [0.717, 1.165) is 24.7 Å². The van der Waals surface area contributed by atoms with Crippen LogP contribution in [0.3, 0.4) is 0 Å². The SMILES string of the molecule is O=C(O)c1coc(C(=O)NC(c2ccc3c(c2)OCCO3)C2CC2)c1. The summed E-state index contributed by atoms with van der Waals surface area (Å²) in [6.45, 7) is 1.03. The molecule has 7 nitrogen and oxygen atoms in total. The number of carbonyl (C=O) groups excluding carboxylic acids is 1. The third kappa shape index (κ3) is 3.17. The maximum atomic E-state index is 12.4. The van der Waals surface area contributed by atoms with Crippen LogP contribution in [0.25, 0.3) is 0 Å². The van der Waals surface area contributed by atoms with E-state index in [9.17, 15) is 9.59 Å². The fourth-order valence-electron chi connectivity index (χ4n) is 2.94. The Morgan fingerprint density at radius 1 is 1.12 bits per heavy atom. The number of benzene rings is 1. The van der Waals surface area contributed by atoms with Crippen LogP contribution in [0.1, 0.15) is 45.4 Å². The number of nitrogens with one attached hydrogen (secondary N) is 1. The largest absolute Gasteiger partial charge is 0.486 e. The normalized spacial score (nSPS) is 17.0. The number of hydrogen-bond donors (Lipinski definition) is 2. The first-order valence-corrected chi connectivity index (χ1v) is 8.14. The molecule has 2 aromatic rings. The zero-order valence-electron chi connectivity index (χ0n) is 13.4. The molecule has 1 aliphatic heterocycles. The Morgan fingerprint density at radius 2 is 1.88 bits per heavy atom. The number of carboxylic acid groups (broad SMARTS) is 1. The van der Waals surface area contributed by atoms with Crippen molar-refractivity contribution in [2.75, 3.05) is 13.2 Å². The highest BCUT2D eigenvalue weighted by molar-refractivity contribution is 5.95. The number of carbonyl (C=O) groups is 2. The second kappa shape index (κ2) is 6.16. The van der Waals surface area contributed by atoms with Crippen molar-refractivity contribution in [1.82, 2.24) is 5.32 Å². The molecule has 1 unspecified atom stereocenters. The zero-order chi connectivity index (χ0) is 17.4. The van der Waals surface area contributed by atoms with Gasteiger partial charge in [-0.05, 0) is 36.5 Å². The molecular weight excluding hydrogens is 326 g/mol. The lowest BCUT2D eigenvalue weighted by atomic mass is 10.0. The third-order valence-corrected chi connectivity index (χ3v) is 4.38. The highest BCUT2D eigenvalue weighted by Gasteiger charge is 2.35. The fourth-order valence-corrected chi connectivity index (χ4v) is 2.94. The molecule has 130 valence electrons. The molecule has 0 bridgehead atoms. The molecule has 2 heterocycles. The van der Waals surface area contributed by atoms with E-state index in [4.69, 9.17) is 19.0 Å². The van der Waals surface area contributed by atoms with Crippen LogP contribution in [0.4, 0.5) is 0 Å². The van der Waals surface area contributed by atoms with E-state index in [-0.39, 0.29) is 17.4 Å². The van der Waals surface area contributed by atoms with Gasteiger partial charge < -0.3 is 24.3 Å². The Bertz CT molecular complexity index is 823. The van der Waals surface area contributed by atoms with E-state index in [1.807, 2.05) is 18.2 Å². The Balaban J connectivity index is 1.55. The number of amides is 1. The van der Waals surface area contributed by atoms with Crippen LogP contribution in [0.15, 0.2) is 34.9 Å². The summed E-state index contributed by atoms with van der Waals surface area (Å²) in [5, 5.41) is 11.9. The Kier molecular flexibility index (Phi) is 3.83. The van der Waals surface area contributed by atoms with Crippen molar-refractivity contribution in [3.05, 3.63) is 47.4 Å². The third-order valence-electron chi connectivity index (χ3n) is 4.38. The van der Waals surface area contributed by atoms with Crippen molar-refractivity contribution in [3.63, 3.8) is 0 Å². The lowest BCUT2D eigenvalue weighted by Gasteiger charge is -2.22. The van der Waals surface area contributed by atoms with Gasteiger partial charge in [0, 0.05) is 6.07 Å². The average molecular weight is 343 g/mol. The molecule has 2 aliphatic rings. The predicted octanol–water partition coefficient (Wildman–Crippen LogP) is 2.63. The number of aromatic carboxylic acids is 1. The lowest BCUT2D eigenvalue weighted by molar-refractivity contribution is 0.0695. The molecule has 1 aromatic carbocycles. The van der Waals surface area contributed by atoms with Gasteiger partial charge in [0.2, 0.25) is 0 Å². The summed E-state index contributed by atoms with van der Waals surface area (Å²) in [6.07, 6.45) is 3.11. The number of carboxylic acids is 1. The van der Waals surface area contributed by atoms with Gasteiger partial charge in [0.15, 0.2) is 17.3 Å². The molecule has 1 fully saturated rings. The van der Waals surface area contributed by atoms with E-state index in [2.05, 4.69) is 5.32 Å². The Labute approximate surface area is 143 Å². The summed E-state index contributed by atoms with van der Waals surface area (Å²) in [6, 6.07) is 6.71. The van der Waals surface area contributed by atoms with E-state index in [0.29, 0.717) is 30.6 Å². The molecule has 2 N–H and O–H groups in total. The van der Waals surface area contributed by atoms with Crippen molar-refractivity contribution >= 4 is 11.9 Å². The van der Waals surface area contributed by atoms with Gasteiger partial charge in [0.25, 0.3) is 5.91 Å². The summed E-state index contributed by atoms with van der Waals surface area (Å²) < 4.78 is 16.2. The second-order valence-corrected chi connectivity index (χ2v) is 6.20. The molecule has 0 saturated heterocycles. The predicted molar refractivity (Wildman–Crippen MR) is 86.0 cm³/mol. The van der Waals surface area contributed by atoms with Crippen molar-refractivity contribution in [3.8, 4) is 11.5 Å². The first-order valence-electron chi connectivity index (χ1n) is 8.14. The monoisotopic (exact) mass is 343 g/mol. The molecule has 1 aromatic heterocycles. The number of rotatable bonds is 5. The van der Waals surface area contributed by atoms with E-state index in [1.54, 1.807) is 0 Å². The number of furan rings is 1. The molecule has 4 rings (SSSR count). The van der Waals surface area contributed by atoms with Crippen molar-refractivity contribution in [2.45, 2.75) is 18.9 Å². The standard InChI is InChI=1S/C18H17NO6/c20-17(15-8-12(9-25-15)18(21)22)19-16(10-1-2-10)11-3-4-13-14(7-11)24-6-5-23-13/h3-4,7-10,16H,1-2,5-6H2,(H,19,20)(H,21,22). The molecule has 1 aliphatic carbocycles. The van der Waals surface area contributed by atoms with Gasteiger partial charge in [0.1, 0.15) is 19.5 Å². The minimum Gasteiger partial charge on any atom is -0.486 e. The van der Waals surface area contributed by atoms with Crippen LogP contribution < -0.4 is 14.8 Å². The summed E-state index contributed by atoms with van der Waals surface area (Å²) in [4.78, 5) is 23.3.